The summed E-state index contributed by atoms with van der Waals surface area (Å²) in [6.45, 7) is 12.4. The van der Waals surface area contributed by atoms with Crippen LogP contribution in [0.1, 0.15) is 34.0 Å². The van der Waals surface area contributed by atoms with Crippen LogP contribution in [0.4, 0.5) is 5.69 Å². The molecule has 31 heavy (non-hydrogen) atoms. The first-order valence-electron chi connectivity index (χ1n) is 9.98. The highest BCUT2D eigenvalue weighted by molar-refractivity contribution is 5.96. The minimum atomic E-state index is -0.279. The summed E-state index contributed by atoms with van der Waals surface area (Å²) in [5, 5.41) is 2.67. The van der Waals surface area contributed by atoms with Crippen LogP contribution in [0, 0.1) is 6.92 Å². The second-order valence-corrected chi connectivity index (χ2v) is 7.50. The molecule has 3 aromatic rings. The van der Waals surface area contributed by atoms with Crippen LogP contribution in [0.25, 0.3) is 5.57 Å². The zero-order chi connectivity index (χ0) is 22.4. The standard InChI is InChI=1S/C26H27N3O2/c1-18(2)22-8-6-7-21(15-22)17-29(5)23-9-11-24(12-10-23)31-20(4)28-26(30)25-13-14-27-16-19(25)3/h6-16H,1,4,17H2,2-3,5H3,(H,28,30). The van der Waals surface area contributed by atoms with Crippen molar-refractivity contribution in [2.24, 2.45) is 0 Å². The number of hydrogen-bond donors (Lipinski definition) is 1. The number of allylic oxidation sites excluding steroid dienone is 1. The molecule has 1 heterocycles. The average molecular weight is 414 g/mol. The van der Waals surface area contributed by atoms with Gasteiger partial charge < -0.3 is 9.64 Å². The average Bonchev–Trinajstić information content (AvgIpc) is 2.74. The normalized spacial score (nSPS) is 10.3. The molecule has 5 nitrogen and oxygen atoms in total. The van der Waals surface area contributed by atoms with Gasteiger partial charge >= 0.3 is 0 Å². The fourth-order valence-electron chi connectivity index (χ4n) is 3.16. The maximum Gasteiger partial charge on any atom is 0.258 e. The van der Waals surface area contributed by atoms with Crippen LogP contribution < -0.4 is 15.0 Å². The number of nitrogens with zero attached hydrogens (tertiary/aromatic N) is 2. The van der Waals surface area contributed by atoms with E-state index in [0.29, 0.717) is 11.3 Å². The van der Waals surface area contributed by atoms with Crippen LogP contribution in [0.5, 0.6) is 5.75 Å². The Bertz CT molecular complexity index is 1100. The molecule has 0 saturated heterocycles. The highest BCUT2D eigenvalue weighted by atomic mass is 16.5. The molecule has 0 aliphatic carbocycles. The van der Waals surface area contributed by atoms with Crippen molar-refractivity contribution in [2.45, 2.75) is 20.4 Å². The molecule has 0 fully saturated rings. The third-order valence-electron chi connectivity index (χ3n) is 4.88. The summed E-state index contributed by atoms with van der Waals surface area (Å²) in [7, 11) is 2.04. The van der Waals surface area contributed by atoms with Crippen molar-refractivity contribution in [1.29, 1.82) is 0 Å². The van der Waals surface area contributed by atoms with Gasteiger partial charge in [-0.3, -0.25) is 15.1 Å². The van der Waals surface area contributed by atoms with Crippen LogP contribution in [0.15, 0.2) is 86.0 Å². The van der Waals surface area contributed by atoms with Crippen LogP contribution in [-0.2, 0) is 6.54 Å². The number of aromatic nitrogens is 1. The molecule has 0 unspecified atom stereocenters. The summed E-state index contributed by atoms with van der Waals surface area (Å²) in [6.07, 6.45) is 3.22. The topological polar surface area (TPSA) is 54.5 Å². The number of benzene rings is 2. The number of rotatable bonds is 8. The molecule has 1 amide bonds. The Labute approximate surface area is 183 Å². The minimum absolute atomic E-state index is 0.166. The summed E-state index contributed by atoms with van der Waals surface area (Å²) in [5.41, 5.74) is 5.79. The molecule has 0 saturated carbocycles. The predicted molar refractivity (Wildman–Crippen MR) is 126 cm³/mol. The predicted octanol–water partition coefficient (Wildman–Crippen LogP) is 5.34. The molecular formula is C26H27N3O2. The number of nitrogens with one attached hydrogen (secondary N) is 1. The number of ether oxygens (including phenoxy) is 1. The Morgan fingerprint density at radius 1 is 1.13 bits per heavy atom. The van der Waals surface area contributed by atoms with E-state index < -0.39 is 0 Å². The molecule has 0 aliphatic rings. The Kier molecular flexibility index (Phi) is 6.88. The van der Waals surface area contributed by atoms with Crippen molar-refractivity contribution in [3.63, 3.8) is 0 Å². The molecule has 0 aliphatic heterocycles. The van der Waals surface area contributed by atoms with Gasteiger partial charge in [0.25, 0.3) is 5.91 Å². The quantitative estimate of drug-likeness (QED) is 0.507. The Balaban J connectivity index is 1.59. The van der Waals surface area contributed by atoms with E-state index in [1.54, 1.807) is 18.5 Å². The van der Waals surface area contributed by atoms with E-state index in [2.05, 4.69) is 52.6 Å². The zero-order valence-corrected chi connectivity index (χ0v) is 18.2. The van der Waals surface area contributed by atoms with Gasteiger partial charge in [0, 0.05) is 37.2 Å². The van der Waals surface area contributed by atoms with Crippen LogP contribution in [0.3, 0.4) is 0 Å². The van der Waals surface area contributed by atoms with Crippen molar-refractivity contribution in [3.8, 4) is 5.75 Å². The van der Waals surface area contributed by atoms with E-state index >= 15 is 0 Å². The molecule has 0 atom stereocenters. The van der Waals surface area contributed by atoms with E-state index in [4.69, 9.17) is 4.74 Å². The van der Waals surface area contributed by atoms with Gasteiger partial charge in [-0.25, -0.2) is 0 Å². The van der Waals surface area contributed by atoms with Crippen LogP contribution in [0.2, 0.25) is 0 Å². The maximum atomic E-state index is 12.4. The van der Waals surface area contributed by atoms with Crippen molar-refractivity contribution >= 4 is 17.2 Å². The molecule has 158 valence electrons. The SMILES string of the molecule is C=C(NC(=O)c1ccncc1C)Oc1ccc(N(C)Cc2cccc(C(=C)C)c2)cc1. The summed E-state index contributed by atoms with van der Waals surface area (Å²) >= 11 is 0. The lowest BCUT2D eigenvalue weighted by molar-refractivity contribution is 0.0949. The highest BCUT2D eigenvalue weighted by Gasteiger charge is 2.11. The Hall–Kier alpha value is -3.86. The first kappa shape index (κ1) is 21.8. The van der Waals surface area contributed by atoms with E-state index in [-0.39, 0.29) is 11.8 Å². The molecule has 0 radical (unpaired) electrons. The second-order valence-electron chi connectivity index (χ2n) is 7.50. The van der Waals surface area contributed by atoms with Crippen molar-refractivity contribution < 1.29 is 9.53 Å². The van der Waals surface area contributed by atoms with E-state index in [1.165, 1.54) is 5.56 Å². The molecule has 2 aromatic carbocycles. The number of aryl methyl sites for hydroxylation is 1. The van der Waals surface area contributed by atoms with Crippen molar-refractivity contribution in [2.75, 3.05) is 11.9 Å². The second kappa shape index (κ2) is 9.76. The van der Waals surface area contributed by atoms with Gasteiger partial charge in [-0.1, -0.05) is 30.4 Å². The lowest BCUT2D eigenvalue weighted by Crippen LogP contribution is -2.25. The minimum Gasteiger partial charge on any atom is -0.442 e. The third-order valence-corrected chi connectivity index (χ3v) is 4.88. The van der Waals surface area contributed by atoms with Gasteiger partial charge in [0.2, 0.25) is 0 Å². The monoisotopic (exact) mass is 413 g/mol. The van der Waals surface area contributed by atoms with Gasteiger partial charge in [-0.05, 0) is 73.5 Å². The largest absolute Gasteiger partial charge is 0.442 e. The van der Waals surface area contributed by atoms with Crippen LogP contribution in [-0.4, -0.2) is 17.9 Å². The van der Waals surface area contributed by atoms with Gasteiger partial charge in [0.1, 0.15) is 5.75 Å². The number of carbonyl (C=O) groups is 1. The summed E-state index contributed by atoms with van der Waals surface area (Å²) in [4.78, 5) is 18.5. The Morgan fingerprint density at radius 2 is 1.87 bits per heavy atom. The molecule has 0 spiro atoms. The van der Waals surface area contributed by atoms with Crippen LogP contribution >= 0.6 is 0 Å². The number of anilines is 1. The maximum absolute atomic E-state index is 12.4. The number of carbonyl (C=O) groups excluding carboxylic acids is 1. The lowest BCUT2D eigenvalue weighted by Gasteiger charge is -2.20. The first-order valence-corrected chi connectivity index (χ1v) is 9.98. The summed E-state index contributed by atoms with van der Waals surface area (Å²) in [5.74, 6) is 0.482. The fourth-order valence-corrected chi connectivity index (χ4v) is 3.16. The Morgan fingerprint density at radius 3 is 2.55 bits per heavy atom. The van der Waals surface area contributed by atoms with Gasteiger partial charge in [0.05, 0.1) is 0 Å². The van der Waals surface area contributed by atoms with Gasteiger partial charge in [-0.2, -0.15) is 0 Å². The molecule has 5 heteroatoms. The number of amides is 1. The van der Waals surface area contributed by atoms with Crippen molar-refractivity contribution in [1.82, 2.24) is 10.3 Å². The van der Waals surface area contributed by atoms with E-state index in [1.807, 2.05) is 45.2 Å². The number of pyridine rings is 1. The molecule has 1 N–H and O–H groups in total. The number of hydrogen-bond acceptors (Lipinski definition) is 4. The first-order chi connectivity index (χ1) is 14.8. The molecular weight excluding hydrogens is 386 g/mol. The third kappa shape index (κ3) is 5.82. The molecule has 0 bridgehead atoms. The van der Waals surface area contributed by atoms with E-state index in [9.17, 15) is 4.79 Å². The van der Waals surface area contributed by atoms with Gasteiger partial charge in [0.15, 0.2) is 5.88 Å². The zero-order valence-electron chi connectivity index (χ0n) is 18.2. The molecule has 1 aromatic heterocycles. The van der Waals surface area contributed by atoms with Crippen molar-refractivity contribution in [3.05, 3.63) is 108 Å². The fraction of sp³-hybridized carbons (Fsp3) is 0.154. The summed E-state index contributed by atoms with van der Waals surface area (Å²) in [6, 6.07) is 17.7. The lowest BCUT2D eigenvalue weighted by atomic mass is 10.1. The molecule has 3 rings (SSSR count). The summed E-state index contributed by atoms with van der Waals surface area (Å²) < 4.78 is 5.67. The van der Waals surface area contributed by atoms with E-state index in [0.717, 1.165) is 28.9 Å². The van der Waals surface area contributed by atoms with Gasteiger partial charge in [-0.15, -0.1) is 0 Å². The highest BCUT2D eigenvalue weighted by Crippen LogP contribution is 2.22. The smallest absolute Gasteiger partial charge is 0.258 e.